The first-order valence-electron chi connectivity index (χ1n) is 5.22. The first-order valence-corrected chi connectivity index (χ1v) is 6.66. The average molecular weight is 261 g/mol. The zero-order valence-corrected chi connectivity index (χ0v) is 10.2. The van der Waals surface area contributed by atoms with E-state index in [1.807, 2.05) is 0 Å². The van der Waals surface area contributed by atoms with E-state index in [2.05, 4.69) is 4.40 Å². The first kappa shape index (κ1) is 12.3. The first-order chi connectivity index (χ1) is 8.58. The summed E-state index contributed by atoms with van der Waals surface area (Å²) >= 11 is 0. The van der Waals surface area contributed by atoms with Crippen LogP contribution < -0.4 is 0 Å². The van der Waals surface area contributed by atoms with Gasteiger partial charge in [0.2, 0.25) is 0 Å². The monoisotopic (exact) mass is 261 g/mol. The summed E-state index contributed by atoms with van der Waals surface area (Å²) in [7, 11) is -3.66. The van der Waals surface area contributed by atoms with E-state index in [-0.39, 0.29) is 10.6 Å². The Labute approximate surface area is 105 Å². The highest BCUT2D eigenvalue weighted by Gasteiger charge is 2.09. The second-order valence-electron chi connectivity index (χ2n) is 3.61. The quantitative estimate of drug-likeness (QED) is 0.861. The maximum Gasteiger partial charge on any atom is 0.282 e. The topological polar surface area (TPSA) is 66.7 Å². The summed E-state index contributed by atoms with van der Waals surface area (Å²) in [4.78, 5) is 0.153. The highest BCUT2D eigenvalue weighted by molar-refractivity contribution is 7.90. The fraction of sp³-hybridized carbons (Fsp3) is 0. The third kappa shape index (κ3) is 2.95. The summed E-state index contributed by atoms with van der Waals surface area (Å²) in [5.41, 5.74) is 0.604. The lowest BCUT2D eigenvalue weighted by Gasteiger charge is -1.97. The van der Waals surface area contributed by atoms with Crippen molar-refractivity contribution >= 4 is 16.2 Å². The van der Waals surface area contributed by atoms with E-state index in [9.17, 15) is 8.42 Å². The van der Waals surface area contributed by atoms with Crippen molar-refractivity contribution in [1.82, 2.24) is 0 Å². The highest BCUT2D eigenvalue weighted by Crippen LogP contribution is 2.12. The molecule has 18 heavy (non-hydrogen) atoms. The molecule has 2 aromatic carbocycles. The number of benzene rings is 2. The van der Waals surface area contributed by atoms with Crippen LogP contribution in [0.4, 0.5) is 0 Å². The Morgan fingerprint density at radius 1 is 0.944 bits per heavy atom. The van der Waals surface area contributed by atoms with Crippen LogP contribution in [0.5, 0.6) is 5.75 Å². The molecule has 1 N–H and O–H groups in total. The Morgan fingerprint density at radius 3 is 2.17 bits per heavy atom. The summed E-state index contributed by atoms with van der Waals surface area (Å²) in [5, 5.41) is 9.10. The van der Waals surface area contributed by atoms with E-state index in [1.54, 1.807) is 30.3 Å². The molecule has 0 aromatic heterocycles. The van der Waals surface area contributed by atoms with E-state index in [0.29, 0.717) is 5.56 Å². The lowest BCUT2D eigenvalue weighted by molar-refractivity contribution is 0.475. The molecule has 0 amide bonds. The molecule has 0 heterocycles. The van der Waals surface area contributed by atoms with Crippen LogP contribution in [0, 0.1) is 0 Å². The Bertz CT molecular complexity index is 646. The summed E-state index contributed by atoms with van der Waals surface area (Å²) in [5.74, 6) is 0.123. The molecule has 0 saturated carbocycles. The number of hydrogen-bond donors (Lipinski definition) is 1. The normalized spacial score (nSPS) is 11.8. The zero-order valence-electron chi connectivity index (χ0n) is 9.39. The van der Waals surface area contributed by atoms with E-state index >= 15 is 0 Å². The molecule has 2 rings (SSSR count). The van der Waals surface area contributed by atoms with Gasteiger partial charge in [0.15, 0.2) is 0 Å². The van der Waals surface area contributed by atoms with Gasteiger partial charge in [-0.1, -0.05) is 18.2 Å². The number of aromatic hydroxyl groups is 1. The van der Waals surface area contributed by atoms with Crippen molar-refractivity contribution in [2.45, 2.75) is 4.90 Å². The Morgan fingerprint density at radius 2 is 1.56 bits per heavy atom. The predicted octanol–water partition coefficient (Wildman–Crippen LogP) is 2.20. The predicted molar refractivity (Wildman–Crippen MR) is 69.3 cm³/mol. The van der Waals surface area contributed by atoms with Gasteiger partial charge in [0, 0.05) is 6.21 Å². The van der Waals surface area contributed by atoms with Crippen LogP contribution in [0.15, 0.2) is 63.9 Å². The lowest BCUT2D eigenvalue weighted by atomic mass is 10.2. The smallest absolute Gasteiger partial charge is 0.282 e. The number of rotatable bonds is 3. The minimum atomic E-state index is -3.66. The molecule has 0 spiro atoms. The van der Waals surface area contributed by atoms with Gasteiger partial charge in [0.25, 0.3) is 10.0 Å². The molecular formula is C13H11NO3S. The molecule has 0 fully saturated rings. The molecule has 0 aliphatic heterocycles. The number of phenolic OH excluding ortho intramolecular Hbond substituents is 1. The number of nitrogens with zero attached hydrogens (tertiary/aromatic N) is 1. The molecule has 0 radical (unpaired) electrons. The molecule has 2 aromatic rings. The Hall–Kier alpha value is -2.14. The maximum absolute atomic E-state index is 11.8. The highest BCUT2D eigenvalue weighted by atomic mass is 32.2. The maximum atomic E-state index is 11.8. The van der Waals surface area contributed by atoms with Crippen molar-refractivity contribution in [3.63, 3.8) is 0 Å². The molecule has 0 atom stereocenters. The standard InChI is InChI=1S/C13H11NO3S/c15-12-8-6-11(7-9-12)10-14-18(16,17)13-4-2-1-3-5-13/h1-10,15H/b14-10-. The summed E-state index contributed by atoms with van der Waals surface area (Å²) in [6, 6.07) is 14.1. The Kier molecular flexibility index (Phi) is 3.43. The largest absolute Gasteiger partial charge is 0.508 e. The van der Waals surface area contributed by atoms with Crippen molar-refractivity contribution in [2.75, 3.05) is 0 Å². The zero-order chi connectivity index (χ0) is 13.0. The second kappa shape index (κ2) is 5.01. The summed E-state index contributed by atoms with van der Waals surface area (Å²) in [6.07, 6.45) is 1.25. The third-order valence-corrected chi connectivity index (χ3v) is 3.53. The fourth-order valence-electron chi connectivity index (χ4n) is 1.34. The van der Waals surface area contributed by atoms with Gasteiger partial charge in [-0.2, -0.15) is 12.8 Å². The van der Waals surface area contributed by atoms with Gasteiger partial charge in [-0.3, -0.25) is 0 Å². The minimum absolute atomic E-state index is 0.123. The van der Waals surface area contributed by atoms with Gasteiger partial charge in [-0.25, -0.2) is 0 Å². The molecule has 0 aliphatic rings. The third-order valence-electron chi connectivity index (χ3n) is 2.27. The molecule has 92 valence electrons. The molecular weight excluding hydrogens is 250 g/mol. The SMILES string of the molecule is O=S(=O)(/N=C\c1ccc(O)cc1)c1ccccc1. The van der Waals surface area contributed by atoms with Gasteiger partial charge in [0.1, 0.15) is 5.75 Å². The number of phenols is 1. The van der Waals surface area contributed by atoms with Gasteiger partial charge in [0.05, 0.1) is 4.90 Å². The minimum Gasteiger partial charge on any atom is -0.508 e. The van der Waals surface area contributed by atoms with E-state index in [4.69, 9.17) is 5.11 Å². The van der Waals surface area contributed by atoms with Crippen molar-refractivity contribution in [3.8, 4) is 5.75 Å². The van der Waals surface area contributed by atoms with Crippen molar-refractivity contribution in [2.24, 2.45) is 4.40 Å². The van der Waals surface area contributed by atoms with E-state index in [1.165, 1.54) is 30.5 Å². The fourth-order valence-corrected chi connectivity index (χ4v) is 2.23. The molecule has 0 saturated heterocycles. The van der Waals surface area contributed by atoms with E-state index in [0.717, 1.165) is 0 Å². The van der Waals surface area contributed by atoms with Gasteiger partial charge in [-0.15, -0.1) is 0 Å². The van der Waals surface area contributed by atoms with Gasteiger partial charge in [-0.05, 0) is 42.0 Å². The van der Waals surface area contributed by atoms with Crippen LogP contribution in [-0.4, -0.2) is 19.7 Å². The molecule has 5 heteroatoms. The van der Waals surface area contributed by atoms with Gasteiger partial charge >= 0.3 is 0 Å². The molecule has 4 nitrogen and oxygen atoms in total. The van der Waals surface area contributed by atoms with Crippen molar-refractivity contribution in [1.29, 1.82) is 0 Å². The summed E-state index contributed by atoms with van der Waals surface area (Å²) in [6.45, 7) is 0. The van der Waals surface area contributed by atoms with Crippen LogP contribution in [0.3, 0.4) is 0 Å². The van der Waals surface area contributed by atoms with E-state index < -0.39 is 10.0 Å². The van der Waals surface area contributed by atoms with Crippen LogP contribution >= 0.6 is 0 Å². The Balaban J connectivity index is 2.26. The number of hydrogen-bond acceptors (Lipinski definition) is 3. The van der Waals surface area contributed by atoms with Crippen LogP contribution in [-0.2, 0) is 10.0 Å². The van der Waals surface area contributed by atoms with Crippen molar-refractivity contribution < 1.29 is 13.5 Å². The second-order valence-corrected chi connectivity index (χ2v) is 5.25. The summed E-state index contributed by atoms with van der Waals surface area (Å²) < 4.78 is 27.2. The van der Waals surface area contributed by atoms with Crippen LogP contribution in [0.2, 0.25) is 0 Å². The van der Waals surface area contributed by atoms with Gasteiger partial charge < -0.3 is 5.11 Å². The molecule has 0 bridgehead atoms. The lowest BCUT2D eigenvalue weighted by Crippen LogP contribution is -1.97. The number of sulfonamides is 1. The van der Waals surface area contributed by atoms with Crippen LogP contribution in [0.25, 0.3) is 0 Å². The molecule has 0 aliphatic carbocycles. The average Bonchev–Trinajstić information content (AvgIpc) is 2.39. The van der Waals surface area contributed by atoms with Crippen LogP contribution in [0.1, 0.15) is 5.56 Å². The van der Waals surface area contributed by atoms with Crippen molar-refractivity contribution in [3.05, 3.63) is 60.2 Å². The molecule has 0 unspecified atom stereocenters.